The highest BCUT2D eigenvalue weighted by Gasteiger charge is 2.12. The number of carboxylic acids is 1. The maximum absolute atomic E-state index is 11.8. The van der Waals surface area contributed by atoms with Gasteiger partial charge in [0.05, 0.1) is 4.88 Å². The molecule has 6 heteroatoms. The molecule has 2 aromatic rings. The van der Waals surface area contributed by atoms with Crippen LogP contribution in [0.4, 0.5) is 5.69 Å². The maximum atomic E-state index is 11.8. The number of benzene rings is 1. The van der Waals surface area contributed by atoms with Gasteiger partial charge < -0.3 is 10.4 Å². The Hall–Kier alpha value is -1.85. The van der Waals surface area contributed by atoms with Crippen LogP contribution in [0.5, 0.6) is 0 Å². The molecule has 0 fully saturated rings. The number of carbonyl (C=O) groups excluding carboxylic acids is 1. The molecule has 1 heterocycles. The Labute approximate surface area is 112 Å². The minimum Gasteiger partial charge on any atom is -0.477 e. The zero-order chi connectivity index (χ0) is 13.1. The van der Waals surface area contributed by atoms with E-state index in [1.54, 1.807) is 24.3 Å². The minimum absolute atomic E-state index is 0.135. The minimum atomic E-state index is -1.04. The Bertz CT molecular complexity index is 592. The molecule has 1 aromatic carbocycles. The normalized spacial score (nSPS) is 10.1. The second kappa shape index (κ2) is 5.20. The first-order valence-electron chi connectivity index (χ1n) is 4.96. The molecule has 1 aromatic heterocycles. The average molecular weight is 282 g/mol. The van der Waals surface area contributed by atoms with Crippen LogP contribution in [0, 0.1) is 0 Å². The van der Waals surface area contributed by atoms with Gasteiger partial charge in [-0.1, -0.05) is 11.6 Å². The molecule has 0 bridgehead atoms. The number of nitrogens with one attached hydrogen (secondary N) is 1. The largest absolute Gasteiger partial charge is 0.477 e. The predicted molar refractivity (Wildman–Crippen MR) is 70.7 cm³/mol. The molecule has 0 radical (unpaired) electrons. The molecule has 4 nitrogen and oxygen atoms in total. The Morgan fingerprint density at radius 2 is 1.67 bits per heavy atom. The SMILES string of the molecule is O=C(O)c1ccc(C(=O)Nc2ccc(Cl)cc2)s1. The topological polar surface area (TPSA) is 66.4 Å². The van der Waals surface area contributed by atoms with Crippen molar-refractivity contribution >= 4 is 40.5 Å². The third-order valence-corrected chi connectivity index (χ3v) is 3.47. The molecular formula is C12H8ClNO3S. The number of anilines is 1. The molecule has 0 aliphatic heterocycles. The molecule has 1 amide bonds. The van der Waals surface area contributed by atoms with Gasteiger partial charge in [0, 0.05) is 10.7 Å². The summed E-state index contributed by atoms with van der Waals surface area (Å²) in [6.07, 6.45) is 0. The Morgan fingerprint density at radius 3 is 2.22 bits per heavy atom. The van der Waals surface area contributed by atoms with Crippen LogP contribution >= 0.6 is 22.9 Å². The molecule has 0 saturated carbocycles. The molecule has 0 unspecified atom stereocenters. The van der Waals surface area contributed by atoms with Crippen LogP contribution in [-0.2, 0) is 0 Å². The van der Waals surface area contributed by atoms with E-state index in [-0.39, 0.29) is 10.8 Å². The van der Waals surface area contributed by atoms with E-state index in [4.69, 9.17) is 16.7 Å². The van der Waals surface area contributed by atoms with Crippen LogP contribution in [0.25, 0.3) is 0 Å². The zero-order valence-corrected chi connectivity index (χ0v) is 10.6. The standard InChI is InChI=1S/C12H8ClNO3S/c13-7-1-3-8(4-2-7)14-11(15)9-5-6-10(18-9)12(16)17/h1-6H,(H,14,15)(H,16,17). The molecule has 0 saturated heterocycles. The molecule has 0 aliphatic carbocycles. The average Bonchev–Trinajstić information content (AvgIpc) is 2.81. The van der Waals surface area contributed by atoms with Crippen molar-refractivity contribution in [3.63, 3.8) is 0 Å². The van der Waals surface area contributed by atoms with Crippen LogP contribution in [-0.4, -0.2) is 17.0 Å². The summed E-state index contributed by atoms with van der Waals surface area (Å²) < 4.78 is 0. The number of hydrogen-bond acceptors (Lipinski definition) is 3. The molecule has 18 heavy (non-hydrogen) atoms. The lowest BCUT2D eigenvalue weighted by molar-refractivity contribution is 0.0702. The zero-order valence-electron chi connectivity index (χ0n) is 9.01. The lowest BCUT2D eigenvalue weighted by Crippen LogP contribution is -2.09. The number of aromatic carboxylic acids is 1. The van der Waals surface area contributed by atoms with Gasteiger partial charge in [-0.2, -0.15) is 0 Å². The highest BCUT2D eigenvalue weighted by Crippen LogP contribution is 2.19. The van der Waals surface area contributed by atoms with E-state index < -0.39 is 5.97 Å². The quantitative estimate of drug-likeness (QED) is 0.906. The number of rotatable bonds is 3. The van der Waals surface area contributed by atoms with Crippen LogP contribution < -0.4 is 5.32 Å². The molecule has 2 rings (SSSR count). The first-order chi connectivity index (χ1) is 8.56. The van der Waals surface area contributed by atoms with E-state index >= 15 is 0 Å². The van der Waals surface area contributed by atoms with Crippen LogP contribution in [0.15, 0.2) is 36.4 Å². The lowest BCUT2D eigenvalue weighted by Gasteiger charge is -2.02. The summed E-state index contributed by atoms with van der Waals surface area (Å²) in [5.41, 5.74) is 0.606. The van der Waals surface area contributed by atoms with Crippen molar-refractivity contribution in [3.8, 4) is 0 Å². The third kappa shape index (κ3) is 2.88. The second-order valence-corrected chi connectivity index (χ2v) is 4.95. The van der Waals surface area contributed by atoms with Gasteiger partial charge in [0.1, 0.15) is 4.88 Å². The van der Waals surface area contributed by atoms with Crippen molar-refractivity contribution in [1.82, 2.24) is 0 Å². The maximum Gasteiger partial charge on any atom is 0.345 e. The predicted octanol–water partition coefficient (Wildman–Crippen LogP) is 3.35. The van der Waals surface area contributed by atoms with Gasteiger partial charge in [-0.25, -0.2) is 4.79 Å². The number of hydrogen-bond donors (Lipinski definition) is 2. The van der Waals surface area contributed by atoms with E-state index in [0.717, 1.165) is 11.3 Å². The van der Waals surface area contributed by atoms with Crippen LogP contribution in [0.1, 0.15) is 19.3 Å². The second-order valence-electron chi connectivity index (χ2n) is 3.43. The fourth-order valence-corrected chi connectivity index (χ4v) is 2.17. The lowest BCUT2D eigenvalue weighted by atomic mass is 10.3. The molecule has 92 valence electrons. The summed E-state index contributed by atoms with van der Waals surface area (Å²) in [6, 6.07) is 9.56. The van der Waals surface area contributed by atoms with Gasteiger partial charge in [-0.3, -0.25) is 4.79 Å². The van der Waals surface area contributed by atoms with Gasteiger partial charge in [0.2, 0.25) is 0 Å². The highest BCUT2D eigenvalue weighted by molar-refractivity contribution is 7.15. The van der Waals surface area contributed by atoms with E-state index in [9.17, 15) is 9.59 Å². The van der Waals surface area contributed by atoms with Crippen LogP contribution in [0.3, 0.4) is 0 Å². The van der Waals surface area contributed by atoms with E-state index in [2.05, 4.69) is 5.32 Å². The Kier molecular flexibility index (Phi) is 3.64. The van der Waals surface area contributed by atoms with E-state index in [1.807, 2.05) is 0 Å². The van der Waals surface area contributed by atoms with Crippen molar-refractivity contribution in [2.24, 2.45) is 0 Å². The Morgan fingerprint density at radius 1 is 1.06 bits per heavy atom. The molecule has 0 aliphatic rings. The fraction of sp³-hybridized carbons (Fsp3) is 0. The molecular weight excluding hydrogens is 274 g/mol. The summed E-state index contributed by atoms with van der Waals surface area (Å²) in [7, 11) is 0. The third-order valence-electron chi connectivity index (χ3n) is 2.14. The number of halogens is 1. The molecule has 0 atom stereocenters. The van der Waals surface area contributed by atoms with Gasteiger partial charge in [0.25, 0.3) is 5.91 Å². The molecule has 2 N–H and O–H groups in total. The van der Waals surface area contributed by atoms with E-state index in [0.29, 0.717) is 15.6 Å². The molecule has 0 spiro atoms. The van der Waals surface area contributed by atoms with Crippen molar-refractivity contribution in [1.29, 1.82) is 0 Å². The monoisotopic (exact) mass is 281 g/mol. The van der Waals surface area contributed by atoms with Gasteiger partial charge in [-0.05, 0) is 36.4 Å². The number of carbonyl (C=O) groups is 2. The highest BCUT2D eigenvalue weighted by atomic mass is 35.5. The van der Waals surface area contributed by atoms with E-state index in [1.165, 1.54) is 12.1 Å². The van der Waals surface area contributed by atoms with Crippen molar-refractivity contribution in [3.05, 3.63) is 51.2 Å². The summed E-state index contributed by atoms with van der Waals surface area (Å²) in [5, 5.41) is 12.0. The first-order valence-corrected chi connectivity index (χ1v) is 6.16. The van der Waals surface area contributed by atoms with Crippen LogP contribution in [0.2, 0.25) is 5.02 Å². The summed E-state index contributed by atoms with van der Waals surface area (Å²) in [4.78, 5) is 23.0. The summed E-state index contributed by atoms with van der Waals surface area (Å²) in [6.45, 7) is 0. The van der Waals surface area contributed by atoms with Gasteiger partial charge in [-0.15, -0.1) is 11.3 Å². The smallest absolute Gasteiger partial charge is 0.345 e. The number of thiophene rings is 1. The van der Waals surface area contributed by atoms with Crippen molar-refractivity contribution in [2.75, 3.05) is 5.32 Å². The van der Waals surface area contributed by atoms with Crippen molar-refractivity contribution < 1.29 is 14.7 Å². The summed E-state index contributed by atoms with van der Waals surface area (Å²) >= 11 is 6.66. The fourth-order valence-electron chi connectivity index (χ4n) is 1.30. The first kappa shape index (κ1) is 12.6. The van der Waals surface area contributed by atoms with Gasteiger partial charge in [0.15, 0.2) is 0 Å². The Balaban J connectivity index is 2.11. The van der Waals surface area contributed by atoms with Crippen molar-refractivity contribution in [2.45, 2.75) is 0 Å². The number of carboxylic acid groups (broad SMARTS) is 1. The number of amides is 1. The summed E-state index contributed by atoms with van der Waals surface area (Å²) in [5.74, 6) is -1.37. The van der Waals surface area contributed by atoms with Gasteiger partial charge >= 0.3 is 5.97 Å².